The minimum Gasteiger partial charge on any atom is -0.492 e. The van der Waals surface area contributed by atoms with Crippen molar-refractivity contribution in [3.05, 3.63) is 40.9 Å². The monoisotopic (exact) mass is 297 g/mol. The van der Waals surface area contributed by atoms with Crippen molar-refractivity contribution in [3.63, 3.8) is 0 Å². The molecule has 0 radical (unpaired) electrons. The van der Waals surface area contributed by atoms with E-state index >= 15 is 0 Å². The Morgan fingerprint density at radius 2 is 2.24 bits per heavy atom. The fourth-order valence-corrected chi connectivity index (χ4v) is 1.96. The molecule has 0 aliphatic heterocycles. The highest BCUT2D eigenvalue weighted by molar-refractivity contribution is 9.10. The maximum Gasteiger partial charge on any atom is 0.120 e. The Bertz CT molecular complexity index is 365. The van der Waals surface area contributed by atoms with Crippen LogP contribution >= 0.6 is 15.9 Å². The van der Waals surface area contributed by atoms with E-state index in [1.165, 1.54) is 5.57 Å². The highest BCUT2D eigenvalue weighted by atomic mass is 79.9. The van der Waals surface area contributed by atoms with Crippen molar-refractivity contribution in [2.45, 2.75) is 13.8 Å². The average molecular weight is 298 g/mol. The molecule has 0 aliphatic carbocycles. The first-order chi connectivity index (χ1) is 8.11. The number of hydrogen-bond donors (Lipinski definition) is 0. The second-order valence-corrected chi connectivity index (χ2v) is 5.05. The van der Waals surface area contributed by atoms with Crippen LogP contribution in [0.25, 0.3) is 0 Å². The Morgan fingerprint density at radius 3 is 2.82 bits per heavy atom. The summed E-state index contributed by atoms with van der Waals surface area (Å²) in [7, 11) is 0. The Labute approximate surface area is 112 Å². The minimum atomic E-state index is 0.706. The number of nitrogens with zero attached hydrogens (tertiary/aromatic N) is 1. The minimum absolute atomic E-state index is 0.706. The Morgan fingerprint density at radius 1 is 1.47 bits per heavy atom. The van der Waals surface area contributed by atoms with Gasteiger partial charge in [0.05, 0.1) is 0 Å². The van der Waals surface area contributed by atoms with E-state index in [-0.39, 0.29) is 0 Å². The van der Waals surface area contributed by atoms with Crippen LogP contribution in [0.15, 0.2) is 40.9 Å². The van der Waals surface area contributed by atoms with Crippen LogP contribution in [0.2, 0.25) is 0 Å². The van der Waals surface area contributed by atoms with Gasteiger partial charge in [-0.2, -0.15) is 0 Å². The van der Waals surface area contributed by atoms with Gasteiger partial charge in [-0.3, -0.25) is 4.90 Å². The Hall–Kier alpha value is -0.800. The van der Waals surface area contributed by atoms with Gasteiger partial charge < -0.3 is 4.74 Å². The summed E-state index contributed by atoms with van der Waals surface area (Å²) in [6.07, 6.45) is 0. The first-order valence-corrected chi connectivity index (χ1v) is 6.66. The van der Waals surface area contributed by atoms with Crippen LogP contribution in [0.4, 0.5) is 0 Å². The molecule has 0 amide bonds. The molecular formula is C14H20BrNO. The molecule has 0 saturated carbocycles. The lowest BCUT2D eigenvalue weighted by Gasteiger charge is -2.20. The second kappa shape index (κ2) is 7.51. The molecule has 1 rings (SSSR count). The van der Waals surface area contributed by atoms with Crippen molar-refractivity contribution in [2.24, 2.45) is 0 Å². The summed E-state index contributed by atoms with van der Waals surface area (Å²) >= 11 is 3.43. The van der Waals surface area contributed by atoms with E-state index in [0.717, 1.165) is 29.9 Å². The van der Waals surface area contributed by atoms with E-state index in [9.17, 15) is 0 Å². The van der Waals surface area contributed by atoms with Gasteiger partial charge in [-0.15, -0.1) is 0 Å². The van der Waals surface area contributed by atoms with Crippen LogP contribution in [0.3, 0.4) is 0 Å². The van der Waals surface area contributed by atoms with Crippen molar-refractivity contribution in [1.82, 2.24) is 4.90 Å². The molecule has 0 aliphatic rings. The molecular weight excluding hydrogens is 278 g/mol. The van der Waals surface area contributed by atoms with Gasteiger partial charge in [0, 0.05) is 17.6 Å². The predicted molar refractivity (Wildman–Crippen MR) is 76.6 cm³/mol. The molecule has 0 unspecified atom stereocenters. The normalized spacial score (nSPS) is 10.6. The first-order valence-electron chi connectivity index (χ1n) is 5.87. The van der Waals surface area contributed by atoms with Crippen molar-refractivity contribution < 1.29 is 4.74 Å². The van der Waals surface area contributed by atoms with Gasteiger partial charge in [0.15, 0.2) is 0 Å². The Kier molecular flexibility index (Phi) is 6.30. The Balaban J connectivity index is 2.33. The summed E-state index contributed by atoms with van der Waals surface area (Å²) < 4.78 is 6.75. The quantitative estimate of drug-likeness (QED) is 0.711. The van der Waals surface area contributed by atoms with Crippen LogP contribution in [0.5, 0.6) is 5.75 Å². The van der Waals surface area contributed by atoms with Gasteiger partial charge in [0.1, 0.15) is 12.4 Å². The van der Waals surface area contributed by atoms with Gasteiger partial charge in [-0.25, -0.2) is 0 Å². The van der Waals surface area contributed by atoms with Crippen molar-refractivity contribution in [1.29, 1.82) is 0 Å². The van der Waals surface area contributed by atoms with Gasteiger partial charge in [0.2, 0.25) is 0 Å². The molecule has 0 heterocycles. The van der Waals surface area contributed by atoms with Crippen molar-refractivity contribution in [2.75, 3.05) is 26.2 Å². The number of likely N-dealkylation sites (N-methyl/N-ethyl adjacent to an activating group) is 1. The summed E-state index contributed by atoms with van der Waals surface area (Å²) in [6, 6.07) is 7.92. The summed E-state index contributed by atoms with van der Waals surface area (Å²) in [4.78, 5) is 2.32. The SMILES string of the molecule is C=C(C)CN(CC)CCOc1cccc(Br)c1. The molecule has 0 atom stereocenters. The van der Waals surface area contributed by atoms with Crippen LogP contribution in [-0.4, -0.2) is 31.1 Å². The lowest BCUT2D eigenvalue weighted by atomic mass is 10.3. The van der Waals surface area contributed by atoms with Crippen LogP contribution in [0.1, 0.15) is 13.8 Å². The third kappa shape index (κ3) is 5.89. The average Bonchev–Trinajstić information content (AvgIpc) is 2.27. The molecule has 0 spiro atoms. The number of hydrogen-bond acceptors (Lipinski definition) is 2. The molecule has 1 aromatic rings. The number of rotatable bonds is 7. The third-order valence-corrected chi connectivity index (χ3v) is 2.91. The number of benzene rings is 1. The fraction of sp³-hybridized carbons (Fsp3) is 0.429. The number of ether oxygens (including phenoxy) is 1. The summed E-state index contributed by atoms with van der Waals surface area (Å²) in [5.41, 5.74) is 1.19. The van der Waals surface area contributed by atoms with Crippen LogP contribution < -0.4 is 4.74 Å². The molecule has 3 heteroatoms. The standard InChI is InChI=1S/C14H20BrNO/c1-4-16(11-12(2)3)8-9-17-14-7-5-6-13(15)10-14/h5-7,10H,2,4,8-9,11H2,1,3H3. The van der Waals surface area contributed by atoms with Gasteiger partial charge >= 0.3 is 0 Å². The maximum atomic E-state index is 5.70. The van der Waals surface area contributed by atoms with Gasteiger partial charge in [-0.05, 0) is 31.7 Å². The zero-order chi connectivity index (χ0) is 12.7. The molecule has 0 aromatic heterocycles. The third-order valence-electron chi connectivity index (χ3n) is 2.41. The maximum absolute atomic E-state index is 5.70. The largest absolute Gasteiger partial charge is 0.492 e. The molecule has 17 heavy (non-hydrogen) atoms. The predicted octanol–water partition coefficient (Wildman–Crippen LogP) is 3.73. The summed E-state index contributed by atoms with van der Waals surface area (Å²) in [5, 5.41) is 0. The zero-order valence-corrected chi connectivity index (χ0v) is 12.2. The molecule has 1 aromatic carbocycles. The van der Waals surface area contributed by atoms with Crippen molar-refractivity contribution in [3.8, 4) is 5.75 Å². The first kappa shape index (κ1) is 14.3. The smallest absolute Gasteiger partial charge is 0.120 e. The highest BCUT2D eigenvalue weighted by Crippen LogP contribution is 2.17. The van der Waals surface area contributed by atoms with Crippen LogP contribution in [-0.2, 0) is 0 Å². The van der Waals surface area contributed by atoms with E-state index in [1.54, 1.807) is 0 Å². The van der Waals surface area contributed by atoms with E-state index in [2.05, 4.69) is 41.3 Å². The van der Waals surface area contributed by atoms with E-state index < -0.39 is 0 Å². The lowest BCUT2D eigenvalue weighted by Crippen LogP contribution is -2.29. The molecule has 0 fully saturated rings. The van der Waals surface area contributed by atoms with Gasteiger partial charge in [0.25, 0.3) is 0 Å². The highest BCUT2D eigenvalue weighted by Gasteiger charge is 2.02. The lowest BCUT2D eigenvalue weighted by molar-refractivity contribution is 0.227. The van der Waals surface area contributed by atoms with Crippen LogP contribution in [0, 0.1) is 0 Å². The zero-order valence-electron chi connectivity index (χ0n) is 10.6. The summed E-state index contributed by atoms with van der Waals surface area (Å²) in [5.74, 6) is 0.908. The molecule has 0 N–H and O–H groups in total. The van der Waals surface area contributed by atoms with Crippen molar-refractivity contribution >= 4 is 15.9 Å². The molecule has 94 valence electrons. The number of halogens is 1. The van der Waals surface area contributed by atoms with E-state index in [4.69, 9.17) is 4.74 Å². The molecule has 0 bridgehead atoms. The summed E-state index contributed by atoms with van der Waals surface area (Å²) in [6.45, 7) is 11.7. The second-order valence-electron chi connectivity index (χ2n) is 4.13. The molecule has 2 nitrogen and oxygen atoms in total. The van der Waals surface area contributed by atoms with Gasteiger partial charge in [-0.1, -0.05) is 41.1 Å². The van der Waals surface area contributed by atoms with E-state index in [1.807, 2.05) is 24.3 Å². The topological polar surface area (TPSA) is 12.5 Å². The fourth-order valence-electron chi connectivity index (χ4n) is 1.58. The van der Waals surface area contributed by atoms with E-state index in [0.29, 0.717) is 6.61 Å². The molecule has 0 saturated heterocycles.